The van der Waals surface area contributed by atoms with Gasteiger partial charge in [-0.05, 0) is 43.8 Å². The molecule has 2 aromatic carbocycles. The number of nitrogens with one attached hydrogen (secondary N) is 1. The fourth-order valence-electron chi connectivity index (χ4n) is 4.76. The van der Waals surface area contributed by atoms with Crippen LogP contribution in [0.25, 0.3) is 16.6 Å². The molecule has 6 rings (SSSR count). The van der Waals surface area contributed by atoms with Gasteiger partial charge in [-0.3, -0.25) is 0 Å². The lowest BCUT2D eigenvalue weighted by molar-refractivity contribution is -0.134. The molecule has 1 N–H and O–H groups in total. The van der Waals surface area contributed by atoms with Crippen molar-refractivity contribution < 1.29 is 22.6 Å². The summed E-state index contributed by atoms with van der Waals surface area (Å²) in [6.45, 7) is 1.91. The first-order chi connectivity index (χ1) is 18.7. The number of piperidine rings is 1. The molecule has 0 radical (unpaired) electrons. The molecule has 1 saturated heterocycles. The molecule has 0 spiro atoms. The summed E-state index contributed by atoms with van der Waals surface area (Å²) in [7, 11) is 1.63. The van der Waals surface area contributed by atoms with Crippen molar-refractivity contribution in [2.24, 2.45) is 0 Å². The molecule has 4 heterocycles. The summed E-state index contributed by atoms with van der Waals surface area (Å²) in [5.74, 6) is -2.15. The Kier molecular flexibility index (Phi) is 6.22. The van der Waals surface area contributed by atoms with Gasteiger partial charge in [-0.25, -0.2) is 28.1 Å². The van der Waals surface area contributed by atoms with E-state index in [1.54, 1.807) is 24.2 Å². The number of imidazole rings is 1. The molecular formula is C28H25F3N6O2. The summed E-state index contributed by atoms with van der Waals surface area (Å²) in [5.41, 5.74) is 2.52. The number of likely N-dealkylation sites (tertiary alicyclic amines) is 1. The van der Waals surface area contributed by atoms with Crippen LogP contribution in [0.15, 0.2) is 67.4 Å². The zero-order valence-electron chi connectivity index (χ0n) is 21.2. The van der Waals surface area contributed by atoms with E-state index in [0.717, 1.165) is 17.3 Å². The van der Waals surface area contributed by atoms with Gasteiger partial charge in [0.15, 0.2) is 6.10 Å². The lowest BCUT2D eigenvalue weighted by atomic mass is 10.0. The fraction of sp³-hybridized carbons (Fsp3) is 0.250. The molecule has 1 fully saturated rings. The maximum absolute atomic E-state index is 14.7. The smallest absolute Gasteiger partial charge is 0.296 e. The van der Waals surface area contributed by atoms with Gasteiger partial charge in [0.1, 0.15) is 40.9 Å². The largest absolute Gasteiger partial charge is 0.483 e. The predicted molar refractivity (Wildman–Crippen MR) is 141 cm³/mol. The first kappa shape index (κ1) is 24.9. The first-order valence-electron chi connectivity index (χ1n) is 12.4. The van der Waals surface area contributed by atoms with Gasteiger partial charge in [-0.2, -0.15) is 0 Å². The van der Waals surface area contributed by atoms with Crippen LogP contribution in [0.2, 0.25) is 0 Å². The Morgan fingerprint density at radius 2 is 1.90 bits per heavy atom. The molecule has 1 aliphatic heterocycles. The van der Waals surface area contributed by atoms with Gasteiger partial charge in [0.2, 0.25) is 0 Å². The van der Waals surface area contributed by atoms with Gasteiger partial charge in [0, 0.05) is 55.4 Å². The van der Waals surface area contributed by atoms with Crippen molar-refractivity contribution in [3.8, 4) is 17.2 Å². The molecule has 11 heteroatoms. The Morgan fingerprint density at radius 3 is 2.72 bits per heavy atom. The Labute approximate surface area is 222 Å². The summed E-state index contributed by atoms with van der Waals surface area (Å²) in [6.07, 6.45) is 5.43. The second-order valence-electron chi connectivity index (χ2n) is 9.68. The van der Waals surface area contributed by atoms with E-state index < -0.39 is 24.4 Å². The average Bonchev–Trinajstić information content (AvgIpc) is 3.35. The molecule has 1 aliphatic rings. The first-order valence-corrected chi connectivity index (χ1v) is 12.4. The maximum atomic E-state index is 14.7. The minimum absolute atomic E-state index is 0.0339. The number of halogens is 3. The molecule has 39 heavy (non-hydrogen) atoms. The highest BCUT2D eigenvalue weighted by Crippen LogP contribution is 2.37. The van der Waals surface area contributed by atoms with Gasteiger partial charge in [-0.1, -0.05) is 0 Å². The molecule has 0 aliphatic carbocycles. The third-order valence-electron chi connectivity index (χ3n) is 6.70. The van der Waals surface area contributed by atoms with Crippen molar-refractivity contribution in [2.45, 2.75) is 25.4 Å². The molecule has 8 nitrogen and oxygen atoms in total. The van der Waals surface area contributed by atoms with Crippen LogP contribution in [-0.4, -0.2) is 56.4 Å². The predicted octanol–water partition coefficient (Wildman–Crippen LogP) is 5.98. The van der Waals surface area contributed by atoms with Gasteiger partial charge < -0.3 is 24.1 Å². The van der Waals surface area contributed by atoms with Crippen molar-refractivity contribution >= 4 is 28.1 Å². The van der Waals surface area contributed by atoms with Crippen LogP contribution in [0.4, 0.5) is 24.7 Å². The third kappa shape index (κ3) is 5.05. The molecule has 0 bridgehead atoms. The number of aryl methyl sites for hydroxylation is 1. The fourth-order valence-corrected chi connectivity index (χ4v) is 4.76. The molecule has 3 aromatic heterocycles. The van der Waals surface area contributed by atoms with Crippen LogP contribution in [-0.2, 0) is 0 Å². The highest BCUT2D eigenvalue weighted by molar-refractivity contribution is 5.96. The minimum Gasteiger partial charge on any atom is -0.483 e. The van der Waals surface area contributed by atoms with E-state index in [9.17, 15) is 13.2 Å². The standard InChI is InChI=1S/C28H25F3N6O2/c1-17-11-19(3-4-22(17)38-20-5-9-37-10-7-32-25(37)14-20)35-27-26-21(33-16-34-27)12-18(29)13-23(26)39-24-6-8-36(2)15-28(24,30)31/h3-5,7,9-14,16,24H,6,8,15H2,1-2H3,(H,33,34,35). The van der Waals surface area contributed by atoms with Gasteiger partial charge >= 0.3 is 0 Å². The summed E-state index contributed by atoms with van der Waals surface area (Å²) in [4.78, 5) is 14.3. The molecule has 5 aromatic rings. The monoisotopic (exact) mass is 534 g/mol. The Bertz CT molecular complexity index is 1670. The van der Waals surface area contributed by atoms with Gasteiger partial charge in [0.25, 0.3) is 5.92 Å². The topological polar surface area (TPSA) is 76.8 Å². The van der Waals surface area contributed by atoms with Crippen molar-refractivity contribution in [1.82, 2.24) is 24.3 Å². The normalized spacial score (nSPS) is 17.4. The minimum atomic E-state index is -3.09. The van der Waals surface area contributed by atoms with Crippen LogP contribution < -0.4 is 14.8 Å². The summed E-state index contributed by atoms with van der Waals surface area (Å²) in [6, 6.07) is 11.5. The van der Waals surface area contributed by atoms with E-state index in [1.807, 2.05) is 48.0 Å². The highest BCUT2D eigenvalue weighted by Gasteiger charge is 2.45. The average molecular weight is 535 g/mol. The van der Waals surface area contributed by atoms with Gasteiger partial charge in [-0.15, -0.1) is 0 Å². The molecule has 1 atom stereocenters. The van der Waals surface area contributed by atoms with E-state index in [2.05, 4.69) is 20.3 Å². The molecule has 0 amide bonds. The summed E-state index contributed by atoms with van der Waals surface area (Å²) >= 11 is 0. The number of pyridine rings is 1. The van der Waals surface area contributed by atoms with Crippen LogP contribution in [0.3, 0.4) is 0 Å². The Balaban J connectivity index is 1.28. The van der Waals surface area contributed by atoms with Crippen LogP contribution in [0.1, 0.15) is 12.0 Å². The van der Waals surface area contributed by atoms with E-state index in [4.69, 9.17) is 9.47 Å². The van der Waals surface area contributed by atoms with Crippen molar-refractivity contribution in [2.75, 3.05) is 25.5 Å². The van der Waals surface area contributed by atoms with Crippen molar-refractivity contribution in [3.63, 3.8) is 0 Å². The number of hydrogen-bond acceptors (Lipinski definition) is 7. The Morgan fingerprint density at radius 1 is 1.03 bits per heavy atom. The number of alkyl halides is 2. The molecule has 1 unspecified atom stereocenters. The van der Waals surface area contributed by atoms with Gasteiger partial charge in [0.05, 0.1) is 17.4 Å². The summed E-state index contributed by atoms with van der Waals surface area (Å²) in [5, 5.41) is 3.53. The number of rotatable bonds is 6. The maximum Gasteiger partial charge on any atom is 0.296 e. The zero-order chi connectivity index (χ0) is 27.1. The zero-order valence-corrected chi connectivity index (χ0v) is 21.2. The number of ether oxygens (including phenoxy) is 2. The number of aromatic nitrogens is 4. The van der Waals surface area contributed by atoms with E-state index in [-0.39, 0.29) is 17.7 Å². The van der Waals surface area contributed by atoms with E-state index in [0.29, 0.717) is 34.9 Å². The van der Waals surface area contributed by atoms with Crippen LogP contribution in [0.5, 0.6) is 17.2 Å². The van der Waals surface area contributed by atoms with Crippen LogP contribution >= 0.6 is 0 Å². The van der Waals surface area contributed by atoms with Crippen molar-refractivity contribution in [3.05, 3.63) is 78.8 Å². The second-order valence-corrected chi connectivity index (χ2v) is 9.68. The number of anilines is 2. The number of nitrogens with zero attached hydrogens (tertiary/aromatic N) is 5. The number of hydrogen-bond donors (Lipinski definition) is 1. The quantitative estimate of drug-likeness (QED) is 0.287. The Hall–Kier alpha value is -4.38. The second kappa shape index (κ2) is 9.73. The molecule has 0 saturated carbocycles. The van der Waals surface area contributed by atoms with Crippen LogP contribution in [0, 0.1) is 12.7 Å². The molecular weight excluding hydrogens is 509 g/mol. The lowest BCUT2D eigenvalue weighted by Gasteiger charge is -2.36. The van der Waals surface area contributed by atoms with E-state index >= 15 is 0 Å². The summed E-state index contributed by atoms with van der Waals surface area (Å²) < 4.78 is 57.6. The van der Waals surface area contributed by atoms with Crippen molar-refractivity contribution in [1.29, 1.82) is 0 Å². The molecule has 200 valence electrons. The number of benzene rings is 2. The van der Waals surface area contributed by atoms with E-state index in [1.165, 1.54) is 12.4 Å². The lowest BCUT2D eigenvalue weighted by Crippen LogP contribution is -2.52. The third-order valence-corrected chi connectivity index (χ3v) is 6.70. The SMILES string of the molecule is Cc1cc(Nc2ncnc3cc(F)cc(OC4CCN(C)CC4(F)F)c23)ccc1Oc1ccn2ccnc2c1. The number of fused-ring (bicyclic) bond motifs is 2. The highest BCUT2D eigenvalue weighted by atomic mass is 19.3.